The van der Waals surface area contributed by atoms with Gasteiger partial charge in [-0.3, -0.25) is 4.98 Å². The predicted octanol–water partition coefficient (Wildman–Crippen LogP) is 2.43. The van der Waals surface area contributed by atoms with Crippen LogP contribution in [0.2, 0.25) is 0 Å². The number of nitrogens with zero attached hydrogens (tertiary/aromatic N) is 3. The standard InChI is InChI=1S/C14H11N3O2/c1-9-6-13(11-4-2-3-5-12(11)16-9)17-8-10(7-15-17)14(18)19/h2-8H,1H3,(H,18,19). The molecule has 5 nitrogen and oxygen atoms in total. The lowest BCUT2D eigenvalue weighted by atomic mass is 10.1. The normalized spacial score (nSPS) is 10.8. The van der Waals surface area contributed by atoms with Crippen LogP contribution in [0, 0.1) is 6.92 Å². The van der Waals surface area contributed by atoms with Gasteiger partial charge in [-0.05, 0) is 19.1 Å². The summed E-state index contributed by atoms with van der Waals surface area (Å²) in [6.45, 7) is 1.90. The number of rotatable bonds is 2. The van der Waals surface area contributed by atoms with Crippen LogP contribution < -0.4 is 0 Å². The van der Waals surface area contributed by atoms with Crippen LogP contribution in [0.4, 0.5) is 0 Å². The number of carboxylic acid groups (broad SMARTS) is 1. The Balaban J connectivity index is 2.26. The Kier molecular flexibility index (Phi) is 2.52. The summed E-state index contributed by atoms with van der Waals surface area (Å²) in [5, 5.41) is 14.0. The molecule has 3 aromatic rings. The second-order valence-electron chi connectivity index (χ2n) is 4.28. The number of fused-ring (bicyclic) bond motifs is 1. The third-order valence-electron chi connectivity index (χ3n) is 2.90. The maximum atomic E-state index is 10.9. The van der Waals surface area contributed by atoms with Crippen molar-refractivity contribution in [3.05, 3.63) is 54.0 Å². The molecule has 0 fully saturated rings. The minimum absolute atomic E-state index is 0.165. The van der Waals surface area contributed by atoms with Crippen LogP contribution in [-0.2, 0) is 0 Å². The average molecular weight is 253 g/mol. The highest BCUT2D eigenvalue weighted by atomic mass is 16.4. The first-order valence-corrected chi connectivity index (χ1v) is 5.80. The van der Waals surface area contributed by atoms with Crippen LogP contribution in [0.3, 0.4) is 0 Å². The lowest BCUT2D eigenvalue weighted by Crippen LogP contribution is -1.99. The van der Waals surface area contributed by atoms with E-state index in [1.54, 1.807) is 4.68 Å². The second kappa shape index (κ2) is 4.20. The van der Waals surface area contributed by atoms with Gasteiger partial charge < -0.3 is 5.11 Å². The van der Waals surface area contributed by atoms with Crippen LogP contribution in [0.1, 0.15) is 16.1 Å². The van der Waals surface area contributed by atoms with Gasteiger partial charge in [-0.25, -0.2) is 9.48 Å². The number of hydrogen-bond donors (Lipinski definition) is 1. The molecular formula is C14H11N3O2. The van der Waals surface area contributed by atoms with E-state index in [-0.39, 0.29) is 5.56 Å². The van der Waals surface area contributed by atoms with Gasteiger partial charge in [0.15, 0.2) is 0 Å². The van der Waals surface area contributed by atoms with E-state index >= 15 is 0 Å². The van der Waals surface area contributed by atoms with Crippen molar-refractivity contribution in [2.24, 2.45) is 0 Å². The lowest BCUT2D eigenvalue weighted by Gasteiger charge is -2.07. The predicted molar refractivity (Wildman–Crippen MR) is 70.6 cm³/mol. The molecule has 0 spiro atoms. The molecule has 0 bridgehead atoms. The Morgan fingerprint density at radius 2 is 2.11 bits per heavy atom. The second-order valence-corrected chi connectivity index (χ2v) is 4.28. The Hall–Kier alpha value is -2.69. The van der Waals surface area contributed by atoms with Crippen LogP contribution in [0.25, 0.3) is 16.6 Å². The number of carboxylic acids is 1. The van der Waals surface area contributed by atoms with E-state index in [1.807, 2.05) is 37.3 Å². The number of hydrogen-bond acceptors (Lipinski definition) is 3. The van der Waals surface area contributed by atoms with Crippen LogP contribution in [0.5, 0.6) is 0 Å². The van der Waals surface area contributed by atoms with E-state index in [2.05, 4.69) is 10.1 Å². The van der Waals surface area contributed by atoms with Gasteiger partial charge in [0.05, 0.1) is 23.0 Å². The van der Waals surface area contributed by atoms with Gasteiger partial charge in [0.25, 0.3) is 0 Å². The van der Waals surface area contributed by atoms with Crippen molar-refractivity contribution in [3.8, 4) is 5.69 Å². The first-order valence-electron chi connectivity index (χ1n) is 5.80. The van der Waals surface area contributed by atoms with Crippen molar-refractivity contribution in [1.29, 1.82) is 0 Å². The molecular weight excluding hydrogens is 242 g/mol. The summed E-state index contributed by atoms with van der Waals surface area (Å²) in [5.74, 6) is -0.985. The van der Waals surface area contributed by atoms with Crippen molar-refractivity contribution < 1.29 is 9.90 Å². The molecule has 0 amide bonds. The number of carbonyl (C=O) groups is 1. The number of aromatic carboxylic acids is 1. The fourth-order valence-corrected chi connectivity index (χ4v) is 2.04. The number of aromatic nitrogens is 3. The molecule has 19 heavy (non-hydrogen) atoms. The van der Waals surface area contributed by atoms with E-state index in [0.29, 0.717) is 0 Å². The highest BCUT2D eigenvalue weighted by molar-refractivity contribution is 5.89. The third kappa shape index (κ3) is 1.95. The molecule has 94 valence electrons. The van der Waals surface area contributed by atoms with Crippen molar-refractivity contribution >= 4 is 16.9 Å². The molecule has 0 saturated carbocycles. The fraction of sp³-hybridized carbons (Fsp3) is 0.0714. The minimum Gasteiger partial charge on any atom is -0.478 e. The molecule has 0 radical (unpaired) electrons. The van der Waals surface area contributed by atoms with E-state index in [4.69, 9.17) is 5.11 Å². The molecule has 2 heterocycles. The third-order valence-corrected chi connectivity index (χ3v) is 2.90. The van der Waals surface area contributed by atoms with E-state index in [0.717, 1.165) is 22.3 Å². The first kappa shape index (κ1) is 11.4. The summed E-state index contributed by atoms with van der Waals surface area (Å²) in [7, 11) is 0. The van der Waals surface area contributed by atoms with Crippen molar-refractivity contribution in [2.45, 2.75) is 6.92 Å². The minimum atomic E-state index is -0.985. The van der Waals surface area contributed by atoms with Gasteiger partial charge >= 0.3 is 5.97 Å². The van der Waals surface area contributed by atoms with Crippen molar-refractivity contribution in [1.82, 2.24) is 14.8 Å². The van der Waals surface area contributed by atoms with Crippen molar-refractivity contribution in [3.63, 3.8) is 0 Å². The Bertz CT molecular complexity index is 777. The largest absolute Gasteiger partial charge is 0.478 e. The lowest BCUT2D eigenvalue weighted by molar-refractivity contribution is 0.0697. The van der Waals surface area contributed by atoms with E-state index < -0.39 is 5.97 Å². The van der Waals surface area contributed by atoms with Gasteiger partial charge in [0, 0.05) is 17.3 Å². The zero-order chi connectivity index (χ0) is 13.4. The average Bonchev–Trinajstić information content (AvgIpc) is 2.87. The van der Waals surface area contributed by atoms with Crippen LogP contribution in [0.15, 0.2) is 42.7 Å². The molecule has 1 aromatic carbocycles. The van der Waals surface area contributed by atoms with Gasteiger partial charge in [-0.1, -0.05) is 18.2 Å². The zero-order valence-corrected chi connectivity index (χ0v) is 10.2. The molecule has 3 rings (SSSR count). The smallest absolute Gasteiger partial charge is 0.338 e. The maximum absolute atomic E-state index is 10.9. The molecule has 0 aliphatic heterocycles. The summed E-state index contributed by atoms with van der Waals surface area (Å²) in [6, 6.07) is 9.60. The molecule has 0 unspecified atom stereocenters. The molecule has 0 atom stereocenters. The molecule has 5 heteroatoms. The van der Waals surface area contributed by atoms with E-state index in [9.17, 15) is 4.79 Å². The Labute approximate surface area is 109 Å². The van der Waals surface area contributed by atoms with Crippen molar-refractivity contribution in [2.75, 3.05) is 0 Å². The topological polar surface area (TPSA) is 68.0 Å². The summed E-state index contributed by atoms with van der Waals surface area (Å²) in [5.41, 5.74) is 2.72. The summed E-state index contributed by atoms with van der Waals surface area (Å²) < 4.78 is 1.57. The maximum Gasteiger partial charge on any atom is 0.338 e. The summed E-state index contributed by atoms with van der Waals surface area (Å²) in [6.07, 6.45) is 2.84. The highest BCUT2D eigenvalue weighted by Gasteiger charge is 2.10. The first-order chi connectivity index (χ1) is 9.15. The molecule has 0 aliphatic rings. The molecule has 0 aliphatic carbocycles. The van der Waals surface area contributed by atoms with E-state index in [1.165, 1.54) is 12.4 Å². The number of aryl methyl sites for hydroxylation is 1. The van der Waals surface area contributed by atoms with Gasteiger partial charge in [0.2, 0.25) is 0 Å². The SMILES string of the molecule is Cc1cc(-n2cc(C(=O)O)cn2)c2ccccc2n1. The summed E-state index contributed by atoms with van der Waals surface area (Å²) in [4.78, 5) is 15.4. The Morgan fingerprint density at radius 3 is 2.84 bits per heavy atom. The highest BCUT2D eigenvalue weighted by Crippen LogP contribution is 2.21. The molecule has 2 aromatic heterocycles. The van der Waals surface area contributed by atoms with Crippen LogP contribution >= 0.6 is 0 Å². The van der Waals surface area contributed by atoms with Gasteiger partial charge in [-0.2, -0.15) is 5.10 Å². The number of para-hydroxylation sites is 1. The number of pyridine rings is 1. The number of benzene rings is 1. The monoisotopic (exact) mass is 253 g/mol. The van der Waals surface area contributed by atoms with Crippen LogP contribution in [-0.4, -0.2) is 25.8 Å². The molecule has 1 N–H and O–H groups in total. The quantitative estimate of drug-likeness (QED) is 0.761. The zero-order valence-electron chi connectivity index (χ0n) is 10.2. The molecule has 0 saturated heterocycles. The van der Waals surface area contributed by atoms with Gasteiger partial charge in [-0.15, -0.1) is 0 Å². The fourth-order valence-electron chi connectivity index (χ4n) is 2.04. The Morgan fingerprint density at radius 1 is 1.32 bits per heavy atom. The van der Waals surface area contributed by atoms with Gasteiger partial charge in [0.1, 0.15) is 0 Å². The summed E-state index contributed by atoms with van der Waals surface area (Å²) >= 11 is 0.